The molecule has 1 aromatic carbocycles. The number of hydrogen-bond donors (Lipinski definition) is 2. The lowest BCUT2D eigenvalue weighted by Crippen LogP contribution is -2.34. The first-order valence-electron chi connectivity index (χ1n) is 5.04. The maximum absolute atomic E-state index is 10.9. The van der Waals surface area contributed by atoms with Crippen LogP contribution < -0.4 is 5.73 Å². The number of aryl methyl sites for hydroxylation is 2. The van der Waals surface area contributed by atoms with E-state index in [0.717, 1.165) is 5.56 Å². The molecule has 0 saturated heterocycles. The Kier molecular flexibility index (Phi) is 2.08. The number of carboxylic acids is 1. The van der Waals surface area contributed by atoms with Crippen molar-refractivity contribution in [3.8, 4) is 0 Å². The van der Waals surface area contributed by atoms with Gasteiger partial charge in [0, 0.05) is 5.92 Å². The molecule has 1 aromatic rings. The van der Waals surface area contributed by atoms with E-state index in [1.807, 2.05) is 32.0 Å². The van der Waals surface area contributed by atoms with E-state index in [4.69, 9.17) is 10.8 Å². The highest BCUT2D eigenvalue weighted by molar-refractivity contribution is 5.84. The van der Waals surface area contributed by atoms with Crippen LogP contribution in [0.5, 0.6) is 0 Å². The molecular weight excluding hydrogens is 190 g/mol. The molecule has 1 saturated carbocycles. The van der Waals surface area contributed by atoms with Crippen LogP contribution in [-0.2, 0) is 4.79 Å². The van der Waals surface area contributed by atoms with Gasteiger partial charge in [-0.05, 0) is 37.0 Å². The molecule has 1 fully saturated rings. The van der Waals surface area contributed by atoms with Crippen molar-refractivity contribution in [3.05, 3.63) is 34.9 Å². The van der Waals surface area contributed by atoms with E-state index in [1.54, 1.807) is 0 Å². The lowest BCUT2D eigenvalue weighted by molar-refractivity contribution is -0.139. The fourth-order valence-electron chi connectivity index (χ4n) is 1.91. The Hall–Kier alpha value is -1.35. The van der Waals surface area contributed by atoms with Gasteiger partial charge in [0.2, 0.25) is 0 Å². The van der Waals surface area contributed by atoms with Gasteiger partial charge in [-0.2, -0.15) is 0 Å². The van der Waals surface area contributed by atoms with E-state index in [0.29, 0.717) is 6.42 Å². The molecule has 1 aliphatic rings. The predicted molar refractivity (Wildman–Crippen MR) is 57.8 cm³/mol. The standard InChI is InChI=1S/C12H15NO2/c1-7-3-4-9(5-8(7)2)10-6-12(10,13)11(14)15/h3-5,10H,6,13H2,1-2H3,(H,14,15). The van der Waals surface area contributed by atoms with Crippen molar-refractivity contribution >= 4 is 5.97 Å². The quantitative estimate of drug-likeness (QED) is 0.770. The van der Waals surface area contributed by atoms with Crippen molar-refractivity contribution in [1.29, 1.82) is 0 Å². The molecule has 0 bridgehead atoms. The summed E-state index contributed by atoms with van der Waals surface area (Å²) in [6.07, 6.45) is 0.546. The van der Waals surface area contributed by atoms with Crippen LogP contribution in [-0.4, -0.2) is 16.6 Å². The Labute approximate surface area is 88.9 Å². The first-order chi connectivity index (χ1) is 6.95. The van der Waals surface area contributed by atoms with E-state index in [9.17, 15) is 4.79 Å². The van der Waals surface area contributed by atoms with Crippen molar-refractivity contribution in [1.82, 2.24) is 0 Å². The summed E-state index contributed by atoms with van der Waals surface area (Å²) in [5, 5.41) is 8.94. The fourth-order valence-corrected chi connectivity index (χ4v) is 1.91. The van der Waals surface area contributed by atoms with Crippen LogP contribution >= 0.6 is 0 Å². The van der Waals surface area contributed by atoms with Crippen molar-refractivity contribution in [2.75, 3.05) is 0 Å². The molecule has 3 nitrogen and oxygen atoms in total. The van der Waals surface area contributed by atoms with Crippen molar-refractivity contribution < 1.29 is 9.90 Å². The maximum Gasteiger partial charge on any atom is 0.324 e. The summed E-state index contributed by atoms with van der Waals surface area (Å²) in [5.41, 5.74) is 8.18. The van der Waals surface area contributed by atoms with Gasteiger partial charge in [0.05, 0.1) is 0 Å². The van der Waals surface area contributed by atoms with E-state index in [2.05, 4.69) is 0 Å². The van der Waals surface area contributed by atoms with E-state index < -0.39 is 11.5 Å². The minimum absolute atomic E-state index is 0.0192. The molecule has 3 N–H and O–H groups in total. The van der Waals surface area contributed by atoms with Crippen LogP contribution in [0.25, 0.3) is 0 Å². The number of benzene rings is 1. The van der Waals surface area contributed by atoms with Crippen LogP contribution in [0.15, 0.2) is 18.2 Å². The van der Waals surface area contributed by atoms with Crippen molar-refractivity contribution in [2.45, 2.75) is 31.7 Å². The lowest BCUT2D eigenvalue weighted by atomic mass is 10.0. The number of nitrogens with two attached hydrogens (primary N) is 1. The molecule has 2 unspecified atom stereocenters. The van der Waals surface area contributed by atoms with Crippen LogP contribution in [0.2, 0.25) is 0 Å². The average molecular weight is 205 g/mol. The second kappa shape index (κ2) is 3.07. The summed E-state index contributed by atoms with van der Waals surface area (Å²) in [4.78, 5) is 10.9. The number of rotatable bonds is 2. The van der Waals surface area contributed by atoms with E-state index >= 15 is 0 Å². The lowest BCUT2D eigenvalue weighted by Gasteiger charge is -2.07. The Balaban J connectivity index is 2.27. The van der Waals surface area contributed by atoms with Gasteiger partial charge in [0.15, 0.2) is 0 Å². The molecule has 0 amide bonds. The van der Waals surface area contributed by atoms with Crippen LogP contribution in [0.3, 0.4) is 0 Å². The van der Waals surface area contributed by atoms with Gasteiger partial charge in [-0.15, -0.1) is 0 Å². The molecule has 0 spiro atoms. The van der Waals surface area contributed by atoms with Gasteiger partial charge in [0.1, 0.15) is 5.54 Å². The molecule has 2 atom stereocenters. The normalized spacial score (nSPS) is 28.9. The third-order valence-corrected chi connectivity index (χ3v) is 3.34. The summed E-state index contributed by atoms with van der Waals surface area (Å²) >= 11 is 0. The molecule has 3 heteroatoms. The molecule has 0 heterocycles. The smallest absolute Gasteiger partial charge is 0.324 e. The Bertz CT molecular complexity index is 428. The fraction of sp³-hybridized carbons (Fsp3) is 0.417. The van der Waals surface area contributed by atoms with Gasteiger partial charge in [0.25, 0.3) is 0 Å². The first-order valence-corrected chi connectivity index (χ1v) is 5.04. The third-order valence-electron chi connectivity index (χ3n) is 3.34. The van der Waals surface area contributed by atoms with Gasteiger partial charge in [-0.3, -0.25) is 4.79 Å². The number of aliphatic carboxylic acids is 1. The molecule has 0 aromatic heterocycles. The highest BCUT2D eigenvalue weighted by atomic mass is 16.4. The summed E-state index contributed by atoms with van der Waals surface area (Å²) in [6, 6.07) is 6.04. The van der Waals surface area contributed by atoms with Crippen LogP contribution in [0.1, 0.15) is 29.0 Å². The van der Waals surface area contributed by atoms with Gasteiger partial charge < -0.3 is 10.8 Å². The topological polar surface area (TPSA) is 63.3 Å². The predicted octanol–water partition coefficient (Wildman–Crippen LogP) is 1.57. The summed E-state index contributed by atoms with van der Waals surface area (Å²) in [5.74, 6) is -0.917. The zero-order valence-corrected chi connectivity index (χ0v) is 8.95. The number of hydrogen-bond acceptors (Lipinski definition) is 2. The maximum atomic E-state index is 10.9. The molecule has 80 valence electrons. The average Bonchev–Trinajstić information content (AvgIpc) is 2.85. The van der Waals surface area contributed by atoms with E-state index in [-0.39, 0.29) is 5.92 Å². The Morgan fingerprint density at radius 3 is 2.60 bits per heavy atom. The van der Waals surface area contributed by atoms with Gasteiger partial charge in [-0.1, -0.05) is 18.2 Å². The van der Waals surface area contributed by atoms with E-state index in [1.165, 1.54) is 11.1 Å². The van der Waals surface area contributed by atoms with Crippen molar-refractivity contribution in [2.24, 2.45) is 5.73 Å². The first kappa shape index (κ1) is 10.2. The number of carboxylic acid groups (broad SMARTS) is 1. The van der Waals surface area contributed by atoms with Gasteiger partial charge in [-0.25, -0.2) is 0 Å². The molecule has 0 radical (unpaired) electrons. The SMILES string of the molecule is Cc1ccc(C2CC2(N)C(=O)O)cc1C. The second-order valence-corrected chi connectivity index (χ2v) is 4.45. The summed E-state index contributed by atoms with van der Waals surface area (Å²) in [6.45, 7) is 4.07. The minimum atomic E-state index is -1.03. The highest BCUT2D eigenvalue weighted by Crippen LogP contribution is 2.49. The molecule has 1 aliphatic carbocycles. The van der Waals surface area contributed by atoms with Crippen LogP contribution in [0.4, 0.5) is 0 Å². The Morgan fingerprint density at radius 2 is 2.13 bits per heavy atom. The molecule has 2 rings (SSSR count). The zero-order valence-electron chi connectivity index (χ0n) is 8.95. The molecular formula is C12H15NO2. The molecule has 15 heavy (non-hydrogen) atoms. The largest absolute Gasteiger partial charge is 0.480 e. The van der Waals surface area contributed by atoms with Crippen molar-refractivity contribution in [3.63, 3.8) is 0 Å². The minimum Gasteiger partial charge on any atom is -0.480 e. The summed E-state index contributed by atoms with van der Waals surface area (Å²) in [7, 11) is 0. The highest BCUT2D eigenvalue weighted by Gasteiger charge is 2.58. The monoisotopic (exact) mass is 205 g/mol. The zero-order chi connectivity index (χ0) is 11.2. The second-order valence-electron chi connectivity index (χ2n) is 4.45. The van der Waals surface area contributed by atoms with Crippen LogP contribution in [0, 0.1) is 13.8 Å². The Morgan fingerprint density at radius 1 is 1.47 bits per heavy atom. The summed E-state index contributed by atoms with van der Waals surface area (Å²) < 4.78 is 0. The third kappa shape index (κ3) is 1.53. The molecule has 0 aliphatic heterocycles. The number of carbonyl (C=O) groups is 1. The van der Waals surface area contributed by atoms with Gasteiger partial charge >= 0.3 is 5.97 Å².